The Morgan fingerprint density at radius 2 is 2.04 bits per heavy atom. The Bertz CT molecular complexity index is 796. The minimum Gasteiger partial charge on any atom is -0.355 e. The minimum atomic E-state index is 0.874. The zero-order valence-electron chi connectivity index (χ0n) is 13.4. The molecule has 0 saturated heterocycles. The van der Waals surface area contributed by atoms with E-state index in [4.69, 9.17) is 0 Å². The molecule has 0 saturated carbocycles. The normalized spacial score (nSPS) is 13.7. The number of benzene rings is 2. The summed E-state index contributed by atoms with van der Waals surface area (Å²) < 4.78 is 0. The van der Waals surface area contributed by atoms with E-state index >= 15 is 0 Å². The van der Waals surface area contributed by atoms with Gasteiger partial charge >= 0.3 is 0 Å². The summed E-state index contributed by atoms with van der Waals surface area (Å²) in [6.45, 7) is 10.3. The summed E-state index contributed by atoms with van der Waals surface area (Å²) in [4.78, 5) is 4.41. The third-order valence-electron chi connectivity index (χ3n) is 4.04. The molecule has 1 aliphatic rings. The summed E-state index contributed by atoms with van der Waals surface area (Å²) in [5.41, 5.74) is 6.42. The first-order valence-electron chi connectivity index (χ1n) is 7.40. The van der Waals surface area contributed by atoms with Crippen molar-refractivity contribution in [3.05, 3.63) is 66.4 Å². The lowest BCUT2D eigenvalue weighted by Crippen LogP contribution is -2.21. The van der Waals surface area contributed by atoms with Crippen LogP contribution >= 0.6 is 24.4 Å². The van der Waals surface area contributed by atoms with Crippen LogP contribution in [-0.2, 0) is 0 Å². The first-order valence-corrected chi connectivity index (χ1v) is 8.83. The molecule has 0 unspecified atom stereocenters. The predicted octanol–water partition coefficient (Wildman–Crippen LogP) is 5.42. The van der Waals surface area contributed by atoms with Crippen molar-refractivity contribution >= 4 is 41.5 Å². The highest BCUT2D eigenvalue weighted by Gasteiger charge is 2.18. The maximum Gasteiger partial charge on any atom is 0.0550 e. The van der Waals surface area contributed by atoms with Gasteiger partial charge in [0.1, 0.15) is 0 Å². The zero-order valence-corrected chi connectivity index (χ0v) is 15.1. The molecule has 0 fully saturated rings. The van der Waals surface area contributed by atoms with E-state index in [9.17, 15) is 0 Å². The summed E-state index contributed by atoms with van der Waals surface area (Å²) in [5.74, 6) is 0.941. The average molecular weight is 341 g/mol. The van der Waals surface area contributed by atoms with Gasteiger partial charge in [0, 0.05) is 39.7 Å². The van der Waals surface area contributed by atoms with E-state index in [1.807, 2.05) is 30.8 Å². The molecule has 118 valence electrons. The van der Waals surface area contributed by atoms with Crippen LogP contribution in [0.2, 0.25) is 0 Å². The Labute approximate surface area is 147 Å². The highest BCUT2D eigenvalue weighted by molar-refractivity contribution is 7.99. The average Bonchev–Trinajstić information content (AvgIpc) is 2.54. The number of nitrogens with zero attached hydrogens (tertiary/aromatic N) is 1. The van der Waals surface area contributed by atoms with Crippen LogP contribution in [-0.4, -0.2) is 12.8 Å². The second kappa shape index (κ2) is 6.38. The maximum absolute atomic E-state index is 4.48. The van der Waals surface area contributed by atoms with Crippen molar-refractivity contribution in [3.8, 4) is 0 Å². The number of hydrogen-bond acceptors (Lipinski definition) is 4. The molecule has 23 heavy (non-hydrogen) atoms. The summed E-state index contributed by atoms with van der Waals surface area (Å²) >= 11 is 6.30. The van der Waals surface area contributed by atoms with Gasteiger partial charge in [0.05, 0.1) is 5.69 Å². The van der Waals surface area contributed by atoms with Gasteiger partial charge in [-0.1, -0.05) is 25.3 Å². The largest absolute Gasteiger partial charge is 0.355 e. The Morgan fingerprint density at radius 3 is 2.78 bits per heavy atom. The first kappa shape index (κ1) is 16.1. The number of aryl methyl sites for hydroxylation is 1. The molecule has 0 atom stereocenters. The van der Waals surface area contributed by atoms with E-state index in [1.165, 1.54) is 10.6 Å². The summed E-state index contributed by atoms with van der Waals surface area (Å²) in [5, 5.41) is 3.37. The number of thioether (sulfide) groups is 1. The lowest BCUT2D eigenvalue weighted by atomic mass is 10.1. The van der Waals surface area contributed by atoms with Crippen LogP contribution in [0.4, 0.5) is 11.4 Å². The summed E-state index contributed by atoms with van der Waals surface area (Å²) in [6.07, 6.45) is 0. The molecule has 2 aromatic carbocycles. The number of fused-ring (bicyclic) bond motifs is 1. The number of thiol groups is 1. The molecule has 3 rings (SSSR count). The van der Waals surface area contributed by atoms with Crippen molar-refractivity contribution < 1.29 is 0 Å². The fourth-order valence-electron chi connectivity index (χ4n) is 2.45. The lowest BCUT2D eigenvalue weighted by molar-refractivity contribution is 1.06. The predicted molar refractivity (Wildman–Crippen MR) is 106 cm³/mol. The molecule has 0 aromatic heterocycles. The van der Waals surface area contributed by atoms with Gasteiger partial charge in [0.2, 0.25) is 0 Å². The molecule has 0 spiro atoms. The van der Waals surface area contributed by atoms with Crippen LogP contribution in [0, 0.1) is 6.92 Å². The van der Waals surface area contributed by atoms with Crippen molar-refractivity contribution in [2.24, 2.45) is 0 Å². The van der Waals surface area contributed by atoms with E-state index in [2.05, 4.69) is 67.3 Å². The smallest absolute Gasteiger partial charge is 0.0550 e. The van der Waals surface area contributed by atoms with E-state index in [-0.39, 0.29) is 0 Å². The first-order chi connectivity index (χ1) is 11.0. The van der Waals surface area contributed by atoms with Crippen LogP contribution in [0.15, 0.2) is 65.0 Å². The standard InChI is InChI=1S/C19H20N2S2/c1-12-5-7-16(10-18(12)22)20-14(3)15-6-8-19-17(9-15)21(4)13(2)11-23-19/h5-10,20,22H,2-3,11H2,1,4H3. The van der Waals surface area contributed by atoms with Crippen LogP contribution in [0.5, 0.6) is 0 Å². The van der Waals surface area contributed by atoms with Gasteiger partial charge in [-0.25, -0.2) is 0 Å². The lowest BCUT2D eigenvalue weighted by Gasteiger charge is -2.29. The topological polar surface area (TPSA) is 15.3 Å². The van der Waals surface area contributed by atoms with Crippen LogP contribution < -0.4 is 10.2 Å². The number of rotatable bonds is 3. The second-order valence-corrected chi connectivity index (χ2v) is 7.20. The van der Waals surface area contributed by atoms with Crippen molar-refractivity contribution in [2.75, 3.05) is 23.0 Å². The molecule has 0 aliphatic carbocycles. The van der Waals surface area contributed by atoms with Gasteiger partial charge < -0.3 is 10.2 Å². The SMILES string of the molecule is C=C(Nc1ccc(C)c(S)c1)c1ccc2c(c1)N(C)C(=C)CS2. The fourth-order valence-corrected chi connectivity index (χ4v) is 3.69. The second-order valence-electron chi connectivity index (χ2n) is 5.70. The Morgan fingerprint density at radius 1 is 1.26 bits per heavy atom. The van der Waals surface area contributed by atoms with Gasteiger partial charge in [-0.05, 0) is 42.3 Å². The summed E-state index contributed by atoms with van der Waals surface area (Å²) in [6, 6.07) is 12.6. The molecule has 0 radical (unpaired) electrons. The van der Waals surface area contributed by atoms with Crippen molar-refractivity contribution in [1.82, 2.24) is 0 Å². The molecular formula is C19H20N2S2. The highest BCUT2D eigenvalue weighted by atomic mass is 32.2. The third kappa shape index (κ3) is 3.28. The molecular weight excluding hydrogens is 320 g/mol. The van der Waals surface area contributed by atoms with Crippen molar-refractivity contribution in [1.29, 1.82) is 0 Å². The summed E-state index contributed by atoms with van der Waals surface area (Å²) in [7, 11) is 2.06. The molecule has 1 heterocycles. The van der Waals surface area contributed by atoms with E-state index in [0.717, 1.165) is 38.9 Å². The molecule has 0 amide bonds. The third-order valence-corrected chi connectivity index (χ3v) is 5.66. The number of hydrogen-bond donors (Lipinski definition) is 2. The maximum atomic E-state index is 4.48. The van der Waals surface area contributed by atoms with Gasteiger partial charge in [-0.15, -0.1) is 24.4 Å². The zero-order chi connectivity index (χ0) is 16.6. The molecule has 1 aliphatic heterocycles. The molecule has 0 bridgehead atoms. The Balaban J connectivity index is 1.85. The minimum absolute atomic E-state index is 0.874. The van der Waals surface area contributed by atoms with Crippen molar-refractivity contribution in [3.63, 3.8) is 0 Å². The quantitative estimate of drug-likeness (QED) is 0.726. The monoisotopic (exact) mass is 340 g/mol. The molecule has 2 aromatic rings. The molecule has 2 nitrogen and oxygen atoms in total. The van der Waals surface area contributed by atoms with E-state index < -0.39 is 0 Å². The van der Waals surface area contributed by atoms with Crippen molar-refractivity contribution in [2.45, 2.75) is 16.7 Å². The number of anilines is 2. The molecule has 4 heteroatoms. The Hall–Kier alpha value is -1.78. The number of nitrogens with one attached hydrogen (secondary N) is 1. The van der Waals surface area contributed by atoms with E-state index in [1.54, 1.807) is 0 Å². The van der Waals surface area contributed by atoms with Gasteiger partial charge in [0.25, 0.3) is 0 Å². The van der Waals surface area contributed by atoms with Crippen LogP contribution in [0.1, 0.15) is 11.1 Å². The van der Waals surface area contributed by atoms with Crippen LogP contribution in [0.3, 0.4) is 0 Å². The fraction of sp³-hybridized carbons (Fsp3) is 0.158. The Kier molecular flexibility index (Phi) is 4.46. The van der Waals surface area contributed by atoms with E-state index in [0.29, 0.717) is 0 Å². The van der Waals surface area contributed by atoms with Crippen LogP contribution in [0.25, 0.3) is 5.70 Å². The van der Waals surface area contributed by atoms with Gasteiger partial charge in [-0.3, -0.25) is 0 Å². The highest BCUT2D eigenvalue weighted by Crippen LogP contribution is 2.39. The van der Waals surface area contributed by atoms with Gasteiger partial charge in [-0.2, -0.15) is 0 Å². The van der Waals surface area contributed by atoms with Gasteiger partial charge in [0.15, 0.2) is 0 Å². The molecule has 1 N–H and O–H groups in total.